The smallest absolute Gasteiger partial charge is 0.241 e. The molecule has 5 rings (SSSR count). The number of ether oxygens (including phenoxy) is 1. The largest absolute Gasteiger partial charge is 0.441 e. The van der Waals surface area contributed by atoms with Crippen molar-refractivity contribution in [3.05, 3.63) is 88.8 Å². The van der Waals surface area contributed by atoms with Gasteiger partial charge in [0.05, 0.1) is 29.5 Å². The van der Waals surface area contributed by atoms with E-state index in [1.165, 1.54) is 18.4 Å². The Bertz CT molecular complexity index is 1220. The lowest BCUT2D eigenvalue weighted by molar-refractivity contribution is -0.128. The number of thioether (sulfide) groups is 1. The first-order valence-corrected chi connectivity index (χ1v) is 14.2. The van der Waals surface area contributed by atoms with Crippen LogP contribution in [0.25, 0.3) is 11.5 Å². The predicted molar refractivity (Wildman–Crippen MR) is 149 cm³/mol. The molecule has 0 N–H and O–H groups in total. The summed E-state index contributed by atoms with van der Waals surface area (Å²) in [6.45, 7) is 9.27. The van der Waals surface area contributed by atoms with Gasteiger partial charge >= 0.3 is 0 Å². The van der Waals surface area contributed by atoms with Crippen molar-refractivity contribution in [2.75, 3.05) is 0 Å². The topological polar surface area (TPSA) is 55.6 Å². The molecule has 3 unspecified atom stereocenters. The minimum Gasteiger partial charge on any atom is -0.441 e. The van der Waals surface area contributed by atoms with Gasteiger partial charge in [-0.15, -0.1) is 0 Å². The number of carbonyl (C=O) groups excluding carboxylic acids is 1. The maximum absolute atomic E-state index is 13.1. The zero-order valence-electron chi connectivity index (χ0n) is 21.8. The molecular formula is C31H36N2O3S. The molecule has 194 valence electrons. The summed E-state index contributed by atoms with van der Waals surface area (Å²) < 4.78 is 12.3. The number of hydrogen-bond donors (Lipinski definition) is 0. The molecule has 0 radical (unpaired) electrons. The Morgan fingerprint density at radius 1 is 1.08 bits per heavy atom. The number of amides is 1. The summed E-state index contributed by atoms with van der Waals surface area (Å²) in [5, 5.41) is 0.854. The van der Waals surface area contributed by atoms with Gasteiger partial charge in [-0.2, -0.15) is 0 Å². The zero-order chi connectivity index (χ0) is 25.8. The second-order valence-electron chi connectivity index (χ2n) is 10.3. The Hall–Kier alpha value is -2.83. The number of oxazole rings is 1. The number of rotatable bonds is 9. The van der Waals surface area contributed by atoms with Crippen LogP contribution in [0.5, 0.6) is 0 Å². The highest BCUT2D eigenvalue weighted by atomic mass is 32.2. The third kappa shape index (κ3) is 6.36. The molecule has 3 aromatic rings. The van der Waals surface area contributed by atoms with Gasteiger partial charge in [-0.05, 0) is 63.1 Å². The monoisotopic (exact) mass is 516 g/mol. The molecule has 1 amide bonds. The van der Waals surface area contributed by atoms with E-state index >= 15 is 0 Å². The summed E-state index contributed by atoms with van der Waals surface area (Å²) >= 11 is 1.63. The molecule has 2 fully saturated rings. The number of benzene rings is 2. The van der Waals surface area contributed by atoms with Gasteiger partial charge in [0.1, 0.15) is 11.5 Å². The minimum atomic E-state index is -0.0181. The summed E-state index contributed by atoms with van der Waals surface area (Å²) in [5.74, 6) is 2.26. The molecule has 5 nitrogen and oxygen atoms in total. The van der Waals surface area contributed by atoms with Crippen LogP contribution in [0, 0.1) is 19.8 Å². The van der Waals surface area contributed by atoms with Gasteiger partial charge < -0.3 is 14.1 Å². The number of aryl methyl sites for hydroxylation is 2. The first-order valence-electron chi connectivity index (χ1n) is 13.3. The van der Waals surface area contributed by atoms with E-state index in [4.69, 9.17) is 14.1 Å². The number of carbonyl (C=O) groups is 1. The van der Waals surface area contributed by atoms with Crippen molar-refractivity contribution in [1.82, 2.24) is 9.88 Å². The molecule has 2 heterocycles. The van der Waals surface area contributed by atoms with Crippen molar-refractivity contribution in [2.24, 2.45) is 5.92 Å². The fourth-order valence-electron chi connectivity index (χ4n) is 5.31. The van der Waals surface area contributed by atoms with Crippen LogP contribution in [0.3, 0.4) is 0 Å². The molecule has 1 saturated heterocycles. The van der Waals surface area contributed by atoms with Crippen molar-refractivity contribution in [2.45, 2.75) is 76.9 Å². The van der Waals surface area contributed by atoms with Crippen LogP contribution >= 0.6 is 11.8 Å². The maximum atomic E-state index is 13.1. The molecule has 1 aliphatic carbocycles. The predicted octanol–water partition coefficient (Wildman–Crippen LogP) is 7.43. The van der Waals surface area contributed by atoms with Gasteiger partial charge in [-0.25, -0.2) is 4.98 Å². The van der Waals surface area contributed by atoms with Crippen molar-refractivity contribution in [1.29, 1.82) is 0 Å². The summed E-state index contributed by atoms with van der Waals surface area (Å²) in [5.41, 5.74) is 4.22. The Morgan fingerprint density at radius 2 is 1.86 bits per heavy atom. The molecular weight excluding hydrogens is 480 g/mol. The van der Waals surface area contributed by atoms with E-state index < -0.39 is 0 Å². The Labute approximate surface area is 224 Å². The molecule has 3 atom stereocenters. The highest BCUT2D eigenvalue weighted by Crippen LogP contribution is 2.39. The Balaban J connectivity index is 1.10. The second-order valence-corrected chi connectivity index (χ2v) is 11.6. The first kappa shape index (κ1) is 25.8. The van der Waals surface area contributed by atoms with Gasteiger partial charge in [0.25, 0.3) is 0 Å². The van der Waals surface area contributed by atoms with Crippen molar-refractivity contribution in [3.63, 3.8) is 0 Å². The standard InChI is InChI=1S/C31H36N2O3S/c1-21-12-15-26(16-13-21)30-32-28(22(2)36-30)20-35-27-11-7-10-24(18-27)14-17-29-31(34)33(23(3)37-29)19-25-8-5-4-6-9-25/h4-6,8-9,12-13,15-16,24,27,29H,3,7,10-11,14,17-20H2,1-2H3. The number of aromatic nitrogens is 1. The normalized spacial score (nSPS) is 22.1. The van der Waals surface area contributed by atoms with Crippen molar-refractivity contribution >= 4 is 17.7 Å². The average Bonchev–Trinajstić information content (AvgIpc) is 3.41. The molecule has 1 saturated carbocycles. The van der Waals surface area contributed by atoms with Gasteiger partial charge in [-0.3, -0.25) is 4.79 Å². The summed E-state index contributed by atoms with van der Waals surface area (Å²) in [6.07, 6.45) is 6.68. The van der Waals surface area contributed by atoms with Crippen LogP contribution in [0.2, 0.25) is 0 Å². The third-order valence-corrected chi connectivity index (χ3v) is 8.74. The van der Waals surface area contributed by atoms with Crippen LogP contribution < -0.4 is 0 Å². The number of nitrogens with zero attached hydrogens (tertiary/aromatic N) is 2. The van der Waals surface area contributed by atoms with Crippen LogP contribution in [0.4, 0.5) is 0 Å². The van der Waals surface area contributed by atoms with Crippen molar-refractivity contribution < 1.29 is 13.9 Å². The van der Waals surface area contributed by atoms with Crippen LogP contribution in [0.15, 0.2) is 70.6 Å². The summed E-state index contributed by atoms with van der Waals surface area (Å²) in [6, 6.07) is 18.4. The molecule has 0 spiro atoms. The molecule has 1 aliphatic heterocycles. The Kier molecular flexibility index (Phi) is 8.16. The van der Waals surface area contributed by atoms with Crippen LogP contribution in [-0.2, 0) is 22.7 Å². The van der Waals surface area contributed by atoms with Gasteiger partial charge in [0, 0.05) is 5.56 Å². The molecule has 2 aromatic carbocycles. The zero-order valence-corrected chi connectivity index (χ0v) is 22.6. The van der Waals surface area contributed by atoms with Gasteiger partial charge in [0.15, 0.2) is 0 Å². The van der Waals surface area contributed by atoms with E-state index in [1.807, 2.05) is 42.2 Å². The average molecular weight is 517 g/mol. The van der Waals surface area contributed by atoms with Gasteiger partial charge in [-0.1, -0.05) is 79.2 Å². The SMILES string of the molecule is C=C1SC(CCC2CCCC(OCc3nc(-c4ccc(C)cc4)oc3C)C2)C(=O)N1Cc1ccccc1. The quantitative estimate of drug-likeness (QED) is 0.296. The van der Waals surface area contributed by atoms with Crippen molar-refractivity contribution in [3.8, 4) is 11.5 Å². The lowest BCUT2D eigenvalue weighted by Gasteiger charge is -2.29. The molecule has 1 aromatic heterocycles. The second kappa shape index (κ2) is 11.7. The Morgan fingerprint density at radius 3 is 2.65 bits per heavy atom. The van der Waals surface area contributed by atoms with Crippen LogP contribution in [-0.4, -0.2) is 27.1 Å². The van der Waals surface area contributed by atoms with E-state index in [9.17, 15) is 4.79 Å². The lowest BCUT2D eigenvalue weighted by Crippen LogP contribution is -2.29. The minimum absolute atomic E-state index is 0.0181. The van der Waals surface area contributed by atoms with E-state index in [0.717, 1.165) is 53.3 Å². The maximum Gasteiger partial charge on any atom is 0.241 e. The fraction of sp³-hybridized carbons (Fsp3) is 0.419. The van der Waals surface area contributed by atoms with E-state index in [-0.39, 0.29) is 17.3 Å². The number of hydrogen-bond acceptors (Lipinski definition) is 5. The highest BCUT2D eigenvalue weighted by molar-refractivity contribution is 8.04. The van der Waals surface area contributed by atoms with E-state index in [0.29, 0.717) is 25.0 Å². The van der Waals surface area contributed by atoms with Crippen LogP contribution in [0.1, 0.15) is 61.1 Å². The molecule has 0 bridgehead atoms. The van der Waals surface area contributed by atoms with Gasteiger partial charge in [0.2, 0.25) is 11.8 Å². The first-order chi connectivity index (χ1) is 18.0. The lowest BCUT2D eigenvalue weighted by atomic mass is 9.84. The molecule has 2 aliphatic rings. The molecule has 37 heavy (non-hydrogen) atoms. The summed E-state index contributed by atoms with van der Waals surface area (Å²) in [7, 11) is 0. The van der Waals surface area contributed by atoms with E-state index in [2.05, 4.69) is 37.8 Å². The third-order valence-electron chi connectivity index (χ3n) is 7.52. The van der Waals surface area contributed by atoms with E-state index in [1.54, 1.807) is 11.8 Å². The highest BCUT2D eigenvalue weighted by Gasteiger charge is 2.36. The fourth-order valence-corrected chi connectivity index (χ4v) is 6.40. The summed E-state index contributed by atoms with van der Waals surface area (Å²) in [4.78, 5) is 19.6. The molecule has 6 heteroatoms.